The molecule has 0 amide bonds. The molecule has 13 aromatic carbocycles. The van der Waals surface area contributed by atoms with E-state index in [-0.39, 0.29) is 0 Å². The minimum atomic E-state index is 1.03. The fourth-order valence-electron chi connectivity index (χ4n) is 12.7. The normalized spacial score (nSPS) is 12.8. The highest BCUT2D eigenvalue weighted by Crippen LogP contribution is 2.50. The van der Waals surface area contributed by atoms with E-state index in [1.165, 1.54) is 161 Å². The third-order valence-corrected chi connectivity index (χ3v) is 18.1. The van der Waals surface area contributed by atoms with Gasteiger partial charge in [0, 0.05) is 40.3 Å². The lowest BCUT2D eigenvalue weighted by Gasteiger charge is -2.24. The fraction of sp³-hybridized carbons (Fsp3) is 0.0286. The van der Waals surface area contributed by atoms with Crippen molar-refractivity contribution in [1.29, 1.82) is 0 Å². The molecule has 0 bridgehead atoms. The first kappa shape index (κ1) is 40.3. The highest BCUT2D eigenvalue weighted by molar-refractivity contribution is 7.26. The number of benzene rings is 13. The molecular formula is C70H42S2. The Morgan fingerprint density at radius 1 is 0.278 bits per heavy atom. The van der Waals surface area contributed by atoms with Gasteiger partial charge in [-0.25, -0.2) is 0 Å². The van der Waals surface area contributed by atoms with Crippen LogP contribution >= 0.6 is 22.7 Å². The van der Waals surface area contributed by atoms with Gasteiger partial charge in [0.15, 0.2) is 0 Å². The first-order valence-electron chi connectivity index (χ1n) is 25.1. The zero-order valence-electron chi connectivity index (χ0n) is 39.2. The molecule has 2 aromatic heterocycles. The summed E-state index contributed by atoms with van der Waals surface area (Å²) in [6.07, 6.45) is 6.86. The third-order valence-electron chi connectivity index (χ3n) is 15.9. The summed E-state index contributed by atoms with van der Waals surface area (Å²) in [7, 11) is 0. The SMILES string of the molecule is C1=Cc2c(c(-c3ccc4ccccc4c3)c3ccccc3c2-c2ccc3c(c2)sc2ccc4c(ccc5sc6cc(-c7c8ccccc8c(-c8ccc9ccccc9c8)c8ccccc78)ccc6c54)c23)CC1. The number of hydrogen-bond acceptors (Lipinski definition) is 2. The van der Waals surface area contributed by atoms with Gasteiger partial charge in [0.25, 0.3) is 0 Å². The Morgan fingerprint density at radius 2 is 0.667 bits per heavy atom. The molecule has 0 spiro atoms. The highest BCUT2D eigenvalue weighted by atomic mass is 32.1. The Balaban J connectivity index is 0.843. The van der Waals surface area contributed by atoms with Gasteiger partial charge in [-0.1, -0.05) is 194 Å². The van der Waals surface area contributed by atoms with E-state index in [0.717, 1.165) is 12.8 Å². The van der Waals surface area contributed by atoms with E-state index in [4.69, 9.17) is 0 Å². The maximum atomic E-state index is 2.48. The Morgan fingerprint density at radius 3 is 1.18 bits per heavy atom. The zero-order valence-corrected chi connectivity index (χ0v) is 40.8. The van der Waals surface area contributed by atoms with Crippen LogP contribution in [0.5, 0.6) is 0 Å². The minimum absolute atomic E-state index is 1.03. The summed E-state index contributed by atoms with van der Waals surface area (Å²) in [6, 6.07) is 82.5. The van der Waals surface area contributed by atoms with Crippen molar-refractivity contribution >= 4 is 134 Å². The molecule has 334 valence electrons. The summed E-state index contributed by atoms with van der Waals surface area (Å²) >= 11 is 3.84. The van der Waals surface area contributed by atoms with Crippen LogP contribution in [0.25, 0.3) is 156 Å². The topological polar surface area (TPSA) is 0 Å². The van der Waals surface area contributed by atoms with Gasteiger partial charge in [0.2, 0.25) is 0 Å². The third kappa shape index (κ3) is 5.91. The van der Waals surface area contributed by atoms with Gasteiger partial charge in [-0.05, 0) is 170 Å². The molecule has 0 radical (unpaired) electrons. The van der Waals surface area contributed by atoms with Crippen molar-refractivity contribution in [2.24, 2.45) is 0 Å². The maximum absolute atomic E-state index is 2.48. The van der Waals surface area contributed by atoms with Crippen LogP contribution in [0.2, 0.25) is 0 Å². The fourth-order valence-corrected chi connectivity index (χ4v) is 15.1. The number of thiophene rings is 2. The quantitative estimate of drug-likeness (QED) is 0.154. The van der Waals surface area contributed by atoms with E-state index in [1.807, 2.05) is 22.7 Å². The second kappa shape index (κ2) is 15.5. The van der Waals surface area contributed by atoms with E-state index in [2.05, 4.69) is 231 Å². The average Bonchev–Trinajstić information content (AvgIpc) is 4.01. The minimum Gasteiger partial charge on any atom is -0.135 e. The van der Waals surface area contributed by atoms with Crippen molar-refractivity contribution in [3.63, 3.8) is 0 Å². The van der Waals surface area contributed by atoms with Crippen molar-refractivity contribution in [2.75, 3.05) is 0 Å². The van der Waals surface area contributed by atoms with Crippen LogP contribution in [-0.4, -0.2) is 0 Å². The molecule has 2 heterocycles. The Labute approximate surface area is 424 Å². The van der Waals surface area contributed by atoms with Crippen molar-refractivity contribution in [1.82, 2.24) is 0 Å². The van der Waals surface area contributed by atoms with Crippen LogP contribution in [0, 0.1) is 0 Å². The van der Waals surface area contributed by atoms with E-state index in [9.17, 15) is 0 Å². The monoisotopic (exact) mass is 946 g/mol. The summed E-state index contributed by atoms with van der Waals surface area (Å²) in [5.74, 6) is 0. The summed E-state index contributed by atoms with van der Waals surface area (Å²) in [6.45, 7) is 0. The van der Waals surface area contributed by atoms with Gasteiger partial charge in [0.1, 0.15) is 0 Å². The van der Waals surface area contributed by atoms with Crippen LogP contribution in [0.1, 0.15) is 17.5 Å². The summed E-state index contributed by atoms with van der Waals surface area (Å²) in [4.78, 5) is 0. The zero-order chi connectivity index (χ0) is 47.0. The molecule has 72 heavy (non-hydrogen) atoms. The van der Waals surface area contributed by atoms with Crippen molar-refractivity contribution in [2.45, 2.75) is 12.8 Å². The highest BCUT2D eigenvalue weighted by Gasteiger charge is 2.24. The standard InChI is InChI=1S/C70H42S2/c1-3-15-43-37-45(27-25-41(43)13-1)65-49-17-5-9-21-53(49)67(54-22-10-6-18-50(54)65)47-29-31-59-63(39-47)71-61-35-33-58-57(69(59)61)34-36-62-70(58)60-32-30-48(40-64(60)72-62)68-55-23-11-7-19-51(55)66(52-20-8-12-24-56(52)68)46-28-26-42-14-2-4-16-44(42)38-46/h1-7,9-19,21-40H,8,20H2. The molecule has 0 saturated carbocycles. The molecule has 1 aliphatic rings. The predicted octanol–water partition coefficient (Wildman–Crippen LogP) is 21.0. The van der Waals surface area contributed by atoms with Crippen molar-refractivity contribution < 1.29 is 0 Å². The molecule has 2 heteroatoms. The lowest BCUT2D eigenvalue weighted by Crippen LogP contribution is -2.02. The summed E-state index contributed by atoms with van der Waals surface area (Å²) in [5, 5.41) is 20.9. The van der Waals surface area contributed by atoms with Crippen LogP contribution in [0.3, 0.4) is 0 Å². The van der Waals surface area contributed by atoms with Crippen LogP contribution < -0.4 is 0 Å². The number of rotatable bonds is 4. The molecular weight excluding hydrogens is 905 g/mol. The van der Waals surface area contributed by atoms with E-state index < -0.39 is 0 Å². The lowest BCUT2D eigenvalue weighted by atomic mass is 9.80. The smallest absolute Gasteiger partial charge is 0.0361 e. The lowest BCUT2D eigenvalue weighted by molar-refractivity contribution is 0.991. The van der Waals surface area contributed by atoms with Gasteiger partial charge in [-0.2, -0.15) is 0 Å². The largest absolute Gasteiger partial charge is 0.135 e. The molecule has 0 fully saturated rings. The maximum Gasteiger partial charge on any atom is 0.0361 e. The first-order chi connectivity index (χ1) is 35.7. The summed E-state index contributed by atoms with van der Waals surface area (Å²) in [5.41, 5.74) is 13.2. The van der Waals surface area contributed by atoms with Gasteiger partial charge < -0.3 is 0 Å². The molecule has 0 nitrogen and oxygen atoms in total. The Hall–Kier alpha value is -8.40. The average molecular weight is 947 g/mol. The van der Waals surface area contributed by atoms with Gasteiger partial charge in [0.05, 0.1) is 0 Å². The van der Waals surface area contributed by atoms with E-state index in [0.29, 0.717) is 0 Å². The van der Waals surface area contributed by atoms with Gasteiger partial charge in [-0.3, -0.25) is 0 Å². The van der Waals surface area contributed by atoms with Gasteiger partial charge in [-0.15, -0.1) is 22.7 Å². The molecule has 0 saturated heterocycles. The molecule has 15 aromatic rings. The Kier molecular flexibility index (Phi) is 8.71. The molecule has 0 atom stereocenters. The number of fused-ring (bicyclic) bond motifs is 15. The van der Waals surface area contributed by atoms with E-state index in [1.54, 1.807) is 0 Å². The van der Waals surface area contributed by atoms with Crippen LogP contribution in [0.15, 0.2) is 224 Å². The molecule has 0 aliphatic heterocycles. The molecule has 0 unspecified atom stereocenters. The van der Waals surface area contributed by atoms with Crippen molar-refractivity contribution in [3.05, 3.63) is 236 Å². The van der Waals surface area contributed by atoms with E-state index >= 15 is 0 Å². The summed E-state index contributed by atoms with van der Waals surface area (Å²) < 4.78 is 5.31. The molecule has 0 N–H and O–H groups in total. The second-order valence-electron chi connectivity index (χ2n) is 19.7. The van der Waals surface area contributed by atoms with Gasteiger partial charge >= 0.3 is 0 Å². The first-order valence-corrected chi connectivity index (χ1v) is 26.7. The number of hydrogen-bond donors (Lipinski definition) is 0. The Bertz CT molecular complexity index is 4810. The van der Waals surface area contributed by atoms with Crippen LogP contribution in [0.4, 0.5) is 0 Å². The molecule has 16 rings (SSSR count). The molecule has 1 aliphatic carbocycles. The van der Waals surface area contributed by atoms with Crippen molar-refractivity contribution in [3.8, 4) is 44.5 Å². The predicted molar refractivity (Wildman–Crippen MR) is 316 cm³/mol. The number of allylic oxidation sites excluding steroid dienone is 1. The second-order valence-corrected chi connectivity index (χ2v) is 21.9. The van der Waals surface area contributed by atoms with Crippen LogP contribution in [-0.2, 0) is 6.42 Å².